The van der Waals surface area contributed by atoms with Crippen LogP contribution in [0.15, 0.2) is 78.9 Å². The molecule has 1 atom stereocenters. The molecule has 0 saturated carbocycles. The quantitative estimate of drug-likeness (QED) is 0.527. The van der Waals surface area contributed by atoms with E-state index in [0.29, 0.717) is 28.5 Å². The lowest BCUT2D eigenvalue weighted by Crippen LogP contribution is -2.43. The van der Waals surface area contributed by atoms with E-state index in [1.54, 1.807) is 30.3 Å². The summed E-state index contributed by atoms with van der Waals surface area (Å²) in [4.78, 5) is 27.8. The third-order valence-electron chi connectivity index (χ3n) is 5.88. The predicted molar refractivity (Wildman–Crippen MR) is 124 cm³/mol. The van der Waals surface area contributed by atoms with E-state index in [1.807, 2.05) is 48.5 Å². The Bertz CT molecular complexity index is 1110. The number of rotatable bonds is 8. The third-order valence-corrected chi connectivity index (χ3v) is 5.88. The molecule has 1 heterocycles. The van der Waals surface area contributed by atoms with Crippen LogP contribution < -0.4 is 9.64 Å². The maximum Gasteiger partial charge on any atom is 0.264 e. The molecule has 1 amide bonds. The van der Waals surface area contributed by atoms with E-state index < -0.39 is 11.5 Å². The maximum atomic E-state index is 13.3. The number of hydrogen-bond acceptors (Lipinski definition) is 4. The Labute approximate surface area is 188 Å². The van der Waals surface area contributed by atoms with E-state index in [2.05, 4.69) is 13.8 Å². The molecule has 3 aromatic rings. The average molecular weight is 430 g/mol. The number of hydrogen-bond donors (Lipinski definition) is 1. The molecule has 1 aliphatic rings. The zero-order chi connectivity index (χ0) is 22.7. The van der Waals surface area contributed by atoms with Crippen molar-refractivity contribution in [2.24, 2.45) is 0 Å². The van der Waals surface area contributed by atoms with Gasteiger partial charge in [-0.15, -0.1) is 0 Å². The summed E-state index contributed by atoms with van der Waals surface area (Å²) in [6.07, 6.45) is -0.306. The Morgan fingerprint density at radius 2 is 1.62 bits per heavy atom. The SMILES string of the molecule is CC(C)c1ccc(C(=O)CC2(O)C(=O)N(CCOc3ccccc3)c3ccccc32)cc1. The van der Waals surface area contributed by atoms with Crippen LogP contribution in [-0.4, -0.2) is 29.9 Å². The average Bonchev–Trinajstić information content (AvgIpc) is 3.01. The van der Waals surface area contributed by atoms with Crippen LogP contribution in [0.5, 0.6) is 5.75 Å². The van der Waals surface area contributed by atoms with Gasteiger partial charge in [-0.3, -0.25) is 9.59 Å². The fourth-order valence-corrected chi connectivity index (χ4v) is 4.06. The topological polar surface area (TPSA) is 66.8 Å². The van der Waals surface area contributed by atoms with Gasteiger partial charge in [-0.1, -0.05) is 74.5 Å². The number of aliphatic hydroxyl groups is 1. The third kappa shape index (κ3) is 4.16. The molecule has 0 saturated heterocycles. The van der Waals surface area contributed by atoms with Gasteiger partial charge in [-0.25, -0.2) is 0 Å². The fraction of sp³-hybridized carbons (Fsp3) is 0.259. The lowest BCUT2D eigenvalue weighted by atomic mass is 9.87. The zero-order valence-corrected chi connectivity index (χ0v) is 18.3. The van der Waals surface area contributed by atoms with Crippen LogP contribution in [0.1, 0.15) is 47.7 Å². The minimum Gasteiger partial charge on any atom is -0.492 e. The molecule has 0 radical (unpaired) electrons. The molecule has 0 aromatic heterocycles. The van der Waals surface area contributed by atoms with E-state index in [0.717, 1.165) is 5.56 Å². The smallest absolute Gasteiger partial charge is 0.264 e. The van der Waals surface area contributed by atoms with Crippen LogP contribution in [0.25, 0.3) is 0 Å². The van der Waals surface area contributed by atoms with E-state index >= 15 is 0 Å². The van der Waals surface area contributed by atoms with Gasteiger partial charge in [0.1, 0.15) is 12.4 Å². The van der Waals surface area contributed by atoms with Gasteiger partial charge >= 0.3 is 0 Å². The molecule has 1 unspecified atom stereocenters. The first-order valence-corrected chi connectivity index (χ1v) is 10.8. The van der Waals surface area contributed by atoms with Gasteiger partial charge in [-0.05, 0) is 29.7 Å². The molecule has 3 aromatic carbocycles. The molecular formula is C27H27NO4. The first kappa shape index (κ1) is 21.8. The van der Waals surface area contributed by atoms with E-state index in [1.165, 1.54) is 4.90 Å². The number of nitrogens with zero attached hydrogens (tertiary/aromatic N) is 1. The van der Waals surface area contributed by atoms with Crippen molar-refractivity contribution < 1.29 is 19.4 Å². The highest BCUT2D eigenvalue weighted by Gasteiger charge is 2.50. The summed E-state index contributed by atoms with van der Waals surface area (Å²) < 4.78 is 5.74. The highest BCUT2D eigenvalue weighted by molar-refractivity contribution is 6.10. The molecule has 32 heavy (non-hydrogen) atoms. The lowest BCUT2D eigenvalue weighted by molar-refractivity contribution is -0.135. The number of amides is 1. The van der Waals surface area contributed by atoms with Gasteiger partial charge in [-0.2, -0.15) is 0 Å². The summed E-state index contributed by atoms with van der Waals surface area (Å²) in [6.45, 7) is 4.71. The van der Waals surface area contributed by atoms with Crippen LogP contribution in [0.2, 0.25) is 0 Å². The van der Waals surface area contributed by atoms with Crippen molar-refractivity contribution in [1.82, 2.24) is 0 Å². The molecule has 164 valence electrons. The van der Waals surface area contributed by atoms with E-state index in [-0.39, 0.29) is 25.4 Å². The number of benzene rings is 3. The van der Waals surface area contributed by atoms with Crippen molar-refractivity contribution >= 4 is 17.4 Å². The molecule has 5 nitrogen and oxygen atoms in total. The number of carbonyl (C=O) groups excluding carboxylic acids is 2. The number of Topliss-reactive ketones (excluding diaryl/α,β-unsaturated/α-hetero) is 1. The summed E-state index contributed by atoms with van der Waals surface area (Å²) >= 11 is 0. The first-order chi connectivity index (χ1) is 15.4. The summed E-state index contributed by atoms with van der Waals surface area (Å²) in [5.74, 6) is 0.303. The van der Waals surface area contributed by atoms with Crippen LogP contribution in [0.4, 0.5) is 5.69 Å². The number of ketones is 1. The maximum absolute atomic E-state index is 13.3. The minimum absolute atomic E-state index is 0.268. The molecule has 0 fully saturated rings. The summed E-state index contributed by atoms with van der Waals surface area (Å²) in [6, 6.07) is 23.8. The Kier molecular flexibility index (Phi) is 6.10. The molecule has 5 heteroatoms. The predicted octanol–water partition coefficient (Wildman–Crippen LogP) is 4.70. The second-order valence-corrected chi connectivity index (χ2v) is 8.37. The van der Waals surface area contributed by atoms with Crippen molar-refractivity contribution in [1.29, 1.82) is 0 Å². The zero-order valence-electron chi connectivity index (χ0n) is 18.3. The number of para-hydroxylation sites is 2. The molecule has 0 spiro atoms. The number of anilines is 1. The monoisotopic (exact) mass is 429 g/mol. The van der Waals surface area contributed by atoms with Gasteiger partial charge in [0, 0.05) is 11.1 Å². The molecule has 0 aliphatic carbocycles. The van der Waals surface area contributed by atoms with Crippen molar-refractivity contribution in [3.05, 3.63) is 95.6 Å². The second-order valence-electron chi connectivity index (χ2n) is 8.37. The molecular weight excluding hydrogens is 402 g/mol. The van der Waals surface area contributed by atoms with E-state index in [4.69, 9.17) is 4.74 Å². The van der Waals surface area contributed by atoms with Crippen molar-refractivity contribution in [2.45, 2.75) is 31.8 Å². The number of carbonyl (C=O) groups is 2. The van der Waals surface area contributed by atoms with Crippen LogP contribution in [0, 0.1) is 0 Å². The van der Waals surface area contributed by atoms with E-state index in [9.17, 15) is 14.7 Å². The highest BCUT2D eigenvalue weighted by Crippen LogP contribution is 2.42. The molecule has 0 bridgehead atoms. The fourth-order valence-electron chi connectivity index (χ4n) is 4.06. The Hall–Kier alpha value is -3.44. The Morgan fingerprint density at radius 1 is 0.969 bits per heavy atom. The summed E-state index contributed by atoms with van der Waals surface area (Å²) in [5.41, 5.74) is 0.791. The van der Waals surface area contributed by atoms with Crippen LogP contribution in [0.3, 0.4) is 0 Å². The summed E-state index contributed by atoms with van der Waals surface area (Å²) in [5, 5.41) is 11.4. The number of ether oxygens (including phenoxy) is 1. The van der Waals surface area contributed by atoms with Gasteiger partial charge in [0.05, 0.1) is 18.7 Å². The van der Waals surface area contributed by atoms with Gasteiger partial charge in [0.25, 0.3) is 5.91 Å². The molecule has 1 aliphatic heterocycles. The second kappa shape index (κ2) is 8.97. The molecule has 1 N–H and O–H groups in total. The Morgan fingerprint density at radius 3 is 2.31 bits per heavy atom. The standard InChI is InChI=1S/C27H27NO4/c1-19(2)20-12-14-21(15-13-20)25(29)18-27(31)23-10-6-7-11-24(23)28(26(27)30)16-17-32-22-8-4-3-5-9-22/h3-15,19,31H,16-18H2,1-2H3. The highest BCUT2D eigenvalue weighted by atomic mass is 16.5. The van der Waals surface area contributed by atoms with Crippen LogP contribution in [-0.2, 0) is 10.4 Å². The molecule has 4 rings (SSSR count). The van der Waals surface area contributed by atoms with Crippen LogP contribution >= 0.6 is 0 Å². The van der Waals surface area contributed by atoms with Gasteiger partial charge in [0.2, 0.25) is 0 Å². The lowest BCUT2D eigenvalue weighted by Gasteiger charge is -2.23. The number of fused-ring (bicyclic) bond motifs is 1. The Balaban J connectivity index is 1.52. The van der Waals surface area contributed by atoms with Crippen molar-refractivity contribution in [3.63, 3.8) is 0 Å². The largest absolute Gasteiger partial charge is 0.492 e. The van der Waals surface area contributed by atoms with Gasteiger partial charge < -0.3 is 14.7 Å². The van der Waals surface area contributed by atoms with Crippen molar-refractivity contribution in [3.8, 4) is 5.75 Å². The minimum atomic E-state index is -1.89. The summed E-state index contributed by atoms with van der Waals surface area (Å²) in [7, 11) is 0. The van der Waals surface area contributed by atoms with Gasteiger partial charge in [0.15, 0.2) is 11.4 Å². The van der Waals surface area contributed by atoms with Crippen molar-refractivity contribution in [2.75, 3.05) is 18.1 Å². The normalized spacial score (nSPS) is 17.5. The first-order valence-electron chi connectivity index (χ1n) is 10.8.